The van der Waals surface area contributed by atoms with Gasteiger partial charge in [0.15, 0.2) is 11.9 Å². The number of hydrogen-bond acceptors (Lipinski definition) is 11. The normalized spacial score (nSPS) is 23.8. The fourth-order valence-corrected chi connectivity index (χ4v) is 4.20. The van der Waals surface area contributed by atoms with Crippen molar-refractivity contribution < 1.29 is 52.6 Å². The van der Waals surface area contributed by atoms with Crippen molar-refractivity contribution in [2.75, 3.05) is 11.9 Å². The summed E-state index contributed by atoms with van der Waals surface area (Å²) < 4.78 is 40.7. The minimum absolute atomic E-state index is 0.0970. The second-order valence-electron chi connectivity index (χ2n) is 8.23. The van der Waals surface area contributed by atoms with E-state index in [2.05, 4.69) is 5.32 Å². The summed E-state index contributed by atoms with van der Waals surface area (Å²) in [4.78, 5) is 23.7. The van der Waals surface area contributed by atoms with Gasteiger partial charge in [-0.05, 0) is 30.7 Å². The number of carboxylic acids is 1. The number of primary sulfonamides is 1. The van der Waals surface area contributed by atoms with Crippen molar-refractivity contribution in [3.8, 4) is 11.5 Å². The monoisotopic (exact) mass is 540 g/mol. The molecule has 0 spiro atoms. The molecule has 0 saturated carbocycles. The van der Waals surface area contributed by atoms with Gasteiger partial charge in [0, 0.05) is 6.54 Å². The standard InChI is InChI=1S/C23H28N2O11S/c1-2-3-9-25-14-10-12(11-15(37(24,32)33)19(14)34-13-7-5-4-6-8-13)22(31)36-23-18(28)16(26)17(27)20(35-23)21(29)30/h4-8,10-11,16-18,20,23,25-28H,2-3,9H2,1H3,(H,29,30)(H2,24,32,33)/t16?,17-,18?,20?,23-/m0/s1. The van der Waals surface area contributed by atoms with Crippen LogP contribution in [0.4, 0.5) is 5.69 Å². The van der Waals surface area contributed by atoms with Crippen LogP contribution in [0.1, 0.15) is 30.1 Å². The van der Waals surface area contributed by atoms with Gasteiger partial charge in [0.1, 0.15) is 29.0 Å². The highest BCUT2D eigenvalue weighted by Gasteiger charge is 2.48. The molecule has 0 radical (unpaired) electrons. The summed E-state index contributed by atoms with van der Waals surface area (Å²) in [5.74, 6) is -2.76. The molecule has 2 aromatic rings. The number of unbranched alkanes of at least 4 members (excludes halogenated alkanes) is 1. The van der Waals surface area contributed by atoms with Crippen LogP contribution in [0.3, 0.4) is 0 Å². The molecule has 3 rings (SSSR count). The average Bonchev–Trinajstić information content (AvgIpc) is 2.84. The van der Waals surface area contributed by atoms with Gasteiger partial charge in [0.05, 0.1) is 11.3 Å². The van der Waals surface area contributed by atoms with E-state index in [1.807, 2.05) is 6.92 Å². The highest BCUT2D eigenvalue weighted by atomic mass is 32.2. The Labute approximate surface area is 212 Å². The fraction of sp³-hybridized carbons (Fsp3) is 0.391. The average molecular weight is 541 g/mol. The molecule has 3 unspecified atom stereocenters. The third-order valence-corrected chi connectivity index (χ3v) is 6.36. The lowest BCUT2D eigenvalue weighted by Gasteiger charge is -2.37. The number of carbonyl (C=O) groups is 2. The number of anilines is 1. The SMILES string of the molecule is CCCCNc1cc(C(=O)O[C@@H]2OC(C(=O)O)[C@@H](O)C(O)C2O)cc(S(N)(=O)=O)c1Oc1ccccc1. The van der Waals surface area contributed by atoms with Gasteiger partial charge in [-0.1, -0.05) is 31.5 Å². The summed E-state index contributed by atoms with van der Waals surface area (Å²) in [6, 6.07) is 10.4. The summed E-state index contributed by atoms with van der Waals surface area (Å²) in [7, 11) is -4.45. The van der Waals surface area contributed by atoms with Crippen LogP contribution in [0.2, 0.25) is 0 Å². The largest absolute Gasteiger partial charge is 0.479 e. The Balaban J connectivity index is 2.00. The van der Waals surface area contributed by atoms with E-state index in [0.717, 1.165) is 12.5 Å². The lowest BCUT2D eigenvalue weighted by atomic mass is 9.99. The number of carboxylic acid groups (broad SMARTS) is 1. The number of hydrogen-bond donors (Lipinski definition) is 6. The maximum Gasteiger partial charge on any atom is 0.340 e. The quantitative estimate of drug-likeness (QED) is 0.178. The van der Waals surface area contributed by atoms with Gasteiger partial charge in [-0.15, -0.1) is 0 Å². The zero-order chi connectivity index (χ0) is 27.3. The number of para-hydroxylation sites is 1. The van der Waals surface area contributed by atoms with Gasteiger partial charge in [-0.25, -0.2) is 23.1 Å². The highest BCUT2D eigenvalue weighted by molar-refractivity contribution is 7.89. The van der Waals surface area contributed by atoms with Gasteiger partial charge in [-0.3, -0.25) is 0 Å². The third kappa shape index (κ3) is 6.74. The van der Waals surface area contributed by atoms with E-state index < -0.39 is 57.6 Å². The van der Waals surface area contributed by atoms with Crippen LogP contribution < -0.4 is 15.2 Å². The molecular weight excluding hydrogens is 512 g/mol. The Bertz CT molecular complexity index is 1220. The maximum atomic E-state index is 12.9. The topological polar surface area (TPSA) is 215 Å². The van der Waals surface area contributed by atoms with Crippen LogP contribution in [0.5, 0.6) is 11.5 Å². The first-order valence-corrected chi connectivity index (χ1v) is 12.8. The number of nitrogens with one attached hydrogen (secondary N) is 1. The number of sulfonamides is 1. The van der Waals surface area contributed by atoms with E-state index in [1.165, 1.54) is 6.07 Å². The molecular formula is C23H28N2O11S. The lowest BCUT2D eigenvalue weighted by molar-refractivity contribution is -0.278. The molecule has 0 amide bonds. The minimum atomic E-state index is -4.45. The van der Waals surface area contributed by atoms with Crippen molar-refractivity contribution in [2.45, 2.75) is 55.4 Å². The number of aliphatic hydroxyl groups excluding tert-OH is 3. The van der Waals surface area contributed by atoms with Crippen LogP contribution in [0, 0.1) is 0 Å². The van der Waals surface area contributed by atoms with Crippen LogP contribution in [-0.2, 0) is 24.3 Å². The zero-order valence-corrected chi connectivity index (χ0v) is 20.5. The van der Waals surface area contributed by atoms with E-state index in [1.54, 1.807) is 30.3 Å². The predicted octanol–water partition coefficient (Wildman–Crippen LogP) is 0.387. The molecule has 0 aromatic heterocycles. The summed E-state index contributed by atoms with van der Waals surface area (Å²) in [5.41, 5.74) is -0.258. The van der Waals surface area contributed by atoms with Crippen LogP contribution in [0.25, 0.3) is 0 Å². The molecule has 202 valence electrons. The first-order chi connectivity index (χ1) is 17.4. The minimum Gasteiger partial charge on any atom is -0.479 e. The molecule has 0 bridgehead atoms. The number of ether oxygens (including phenoxy) is 3. The smallest absolute Gasteiger partial charge is 0.340 e. The Morgan fingerprint density at radius 2 is 1.76 bits per heavy atom. The molecule has 1 aliphatic rings. The number of nitrogens with two attached hydrogens (primary N) is 1. The van der Waals surface area contributed by atoms with E-state index in [4.69, 9.17) is 19.3 Å². The fourth-order valence-electron chi connectivity index (χ4n) is 3.50. The lowest BCUT2D eigenvalue weighted by Crippen LogP contribution is -2.60. The third-order valence-electron chi connectivity index (χ3n) is 5.44. The molecule has 1 fully saturated rings. The summed E-state index contributed by atoms with van der Waals surface area (Å²) in [6.45, 7) is 2.33. The molecule has 7 N–H and O–H groups in total. The molecule has 1 aliphatic heterocycles. The van der Waals surface area contributed by atoms with Crippen LogP contribution >= 0.6 is 0 Å². The second kappa shape index (κ2) is 11.9. The highest BCUT2D eigenvalue weighted by Crippen LogP contribution is 2.37. The molecule has 1 saturated heterocycles. The molecule has 2 aromatic carbocycles. The number of esters is 1. The van der Waals surface area contributed by atoms with E-state index in [-0.39, 0.29) is 17.0 Å². The van der Waals surface area contributed by atoms with E-state index in [0.29, 0.717) is 18.7 Å². The van der Waals surface area contributed by atoms with E-state index >= 15 is 0 Å². The molecule has 14 heteroatoms. The molecule has 1 heterocycles. The Kier molecular flexibility index (Phi) is 9.07. The molecule has 0 aliphatic carbocycles. The van der Waals surface area contributed by atoms with Gasteiger partial charge in [-0.2, -0.15) is 0 Å². The van der Waals surface area contributed by atoms with Crippen molar-refractivity contribution in [2.24, 2.45) is 5.14 Å². The first-order valence-electron chi connectivity index (χ1n) is 11.2. The van der Waals surface area contributed by atoms with Gasteiger partial charge >= 0.3 is 11.9 Å². The molecule has 5 atom stereocenters. The summed E-state index contributed by atoms with van der Waals surface area (Å²) in [6.07, 6.45) is -8.45. The van der Waals surface area contributed by atoms with Crippen molar-refractivity contribution in [1.29, 1.82) is 0 Å². The van der Waals surface area contributed by atoms with Crippen LogP contribution in [0.15, 0.2) is 47.4 Å². The second-order valence-corrected chi connectivity index (χ2v) is 9.76. The first kappa shape index (κ1) is 28.3. The van der Waals surface area contributed by atoms with Crippen molar-refractivity contribution in [3.05, 3.63) is 48.0 Å². The zero-order valence-electron chi connectivity index (χ0n) is 19.7. The molecule has 37 heavy (non-hydrogen) atoms. The Morgan fingerprint density at radius 1 is 1.08 bits per heavy atom. The number of carbonyl (C=O) groups excluding carboxylic acids is 1. The summed E-state index contributed by atoms with van der Waals surface area (Å²) in [5, 5.41) is 47.5. The molecule has 13 nitrogen and oxygen atoms in total. The van der Waals surface area contributed by atoms with Crippen molar-refractivity contribution in [1.82, 2.24) is 0 Å². The number of aliphatic carboxylic acids is 1. The Hall–Kier alpha value is -3.27. The van der Waals surface area contributed by atoms with E-state index in [9.17, 15) is 38.4 Å². The number of rotatable bonds is 10. The van der Waals surface area contributed by atoms with Gasteiger partial charge in [0.25, 0.3) is 0 Å². The van der Waals surface area contributed by atoms with Gasteiger partial charge in [0.2, 0.25) is 16.3 Å². The predicted molar refractivity (Wildman–Crippen MR) is 127 cm³/mol. The summed E-state index contributed by atoms with van der Waals surface area (Å²) >= 11 is 0. The maximum absolute atomic E-state index is 12.9. The van der Waals surface area contributed by atoms with Crippen LogP contribution in [-0.4, -0.2) is 78.0 Å². The van der Waals surface area contributed by atoms with Crippen molar-refractivity contribution in [3.63, 3.8) is 0 Å². The van der Waals surface area contributed by atoms with Crippen molar-refractivity contribution >= 4 is 27.6 Å². The number of benzene rings is 2. The number of aliphatic hydroxyl groups is 3. The van der Waals surface area contributed by atoms with Gasteiger partial charge < -0.3 is 40.0 Å². The Morgan fingerprint density at radius 3 is 2.35 bits per heavy atom.